The van der Waals surface area contributed by atoms with Gasteiger partial charge in [-0.15, -0.1) is 0 Å². The van der Waals surface area contributed by atoms with Crippen LogP contribution in [-0.2, 0) is 24.3 Å². The summed E-state index contributed by atoms with van der Waals surface area (Å²) in [6, 6.07) is 4.09. The maximum Gasteiger partial charge on any atom is 0.310 e. The van der Waals surface area contributed by atoms with Gasteiger partial charge >= 0.3 is 5.97 Å². The second-order valence-electron chi connectivity index (χ2n) is 7.31. The molecule has 0 spiro atoms. The molecule has 1 aromatic heterocycles. The summed E-state index contributed by atoms with van der Waals surface area (Å²) in [5.41, 5.74) is 0.856. The maximum atomic E-state index is 13.4. The Morgan fingerprint density at radius 2 is 1.97 bits per heavy atom. The SMILES string of the molecule is COC(=O)[C@H]1CCCN(C(=O)[C@H]2CCCN2S(=O)(=O)c2cccc3nsnc23)C1. The Balaban J connectivity index is 1.59. The molecule has 2 aromatic rings. The number of rotatable bonds is 4. The van der Waals surface area contributed by atoms with E-state index in [1.807, 2.05) is 0 Å². The van der Waals surface area contributed by atoms with E-state index in [2.05, 4.69) is 8.75 Å². The summed E-state index contributed by atoms with van der Waals surface area (Å²) in [4.78, 5) is 26.8. The first-order valence-electron chi connectivity index (χ1n) is 9.53. The lowest BCUT2D eigenvalue weighted by atomic mass is 9.97. The van der Waals surface area contributed by atoms with Crippen molar-refractivity contribution in [1.82, 2.24) is 18.0 Å². The number of carbonyl (C=O) groups excluding carboxylic acids is 2. The number of piperidine rings is 1. The van der Waals surface area contributed by atoms with E-state index in [-0.39, 0.29) is 35.8 Å². The third kappa shape index (κ3) is 3.62. The number of amides is 1. The van der Waals surface area contributed by atoms with E-state index in [0.29, 0.717) is 43.3 Å². The Morgan fingerprint density at radius 3 is 2.76 bits per heavy atom. The Hall–Kier alpha value is -2.11. The molecule has 9 nitrogen and oxygen atoms in total. The number of likely N-dealkylation sites (tertiary alicyclic amines) is 1. The lowest BCUT2D eigenvalue weighted by Crippen LogP contribution is -2.51. The van der Waals surface area contributed by atoms with Crippen molar-refractivity contribution in [2.45, 2.75) is 36.6 Å². The van der Waals surface area contributed by atoms with Crippen molar-refractivity contribution >= 4 is 44.7 Å². The highest BCUT2D eigenvalue weighted by atomic mass is 32.2. The molecule has 2 aliphatic heterocycles. The van der Waals surface area contributed by atoms with E-state index < -0.39 is 16.1 Å². The first-order chi connectivity index (χ1) is 13.9. The highest BCUT2D eigenvalue weighted by Gasteiger charge is 2.43. The molecule has 1 amide bonds. The minimum Gasteiger partial charge on any atom is -0.469 e. The predicted molar refractivity (Wildman–Crippen MR) is 106 cm³/mol. The molecule has 2 fully saturated rings. The van der Waals surface area contributed by atoms with Crippen molar-refractivity contribution in [3.05, 3.63) is 18.2 Å². The molecule has 3 heterocycles. The van der Waals surface area contributed by atoms with Gasteiger partial charge in [-0.3, -0.25) is 9.59 Å². The quantitative estimate of drug-likeness (QED) is 0.661. The molecular weight excluding hydrogens is 416 g/mol. The molecule has 0 unspecified atom stereocenters. The lowest BCUT2D eigenvalue weighted by Gasteiger charge is -2.35. The number of carbonyl (C=O) groups is 2. The predicted octanol–water partition coefficient (Wildman–Crippen LogP) is 1.26. The van der Waals surface area contributed by atoms with Gasteiger partial charge < -0.3 is 9.64 Å². The van der Waals surface area contributed by atoms with Crippen LogP contribution in [-0.4, -0.2) is 71.0 Å². The van der Waals surface area contributed by atoms with Crippen molar-refractivity contribution < 1.29 is 22.7 Å². The van der Waals surface area contributed by atoms with Crippen molar-refractivity contribution in [1.29, 1.82) is 0 Å². The molecule has 1 aromatic carbocycles. The average molecular weight is 439 g/mol. The van der Waals surface area contributed by atoms with Gasteiger partial charge in [0.1, 0.15) is 22.0 Å². The summed E-state index contributed by atoms with van der Waals surface area (Å²) in [7, 11) is -2.57. The number of esters is 1. The van der Waals surface area contributed by atoms with Gasteiger partial charge in [-0.25, -0.2) is 8.42 Å². The summed E-state index contributed by atoms with van der Waals surface area (Å²) < 4.78 is 41.1. The summed E-state index contributed by atoms with van der Waals surface area (Å²) in [6.07, 6.45) is 2.43. The largest absolute Gasteiger partial charge is 0.469 e. The number of hydrogen-bond acceptors (Lipinski definition) is 8. The maximum absolute atomic E-state index is 13.4. The van der Waals surface area contributed by atoms with Crippen molar-refractivity contribution in [2.24, 2.45) is 5.92 Å². The molecule has 29 heavy (non-hydrogen) atoms. The van der Waals surface area contributed by atoms with Gasteiger partial charge in [-0.05, 0) is 37.8 Å². The van der Waals surface area contributed by atoms with Crippen LogP contribution in [0.4, 0.5) is 0 Å². The number of hydrogen-bond donors (Lipinski definition) is 0. The summed E-state index contributed by atoms with van der Waals surface area (Å²) in [6.45, 7) is 1.06. The fraction of sp³-hybridized carbons (Fsp3) is 0.556. The molecule has 0 bridgehead atoms. The molecule has 2 atom stereocenters. The molecule has 2 saturated heterocycles. The first-order valence-corrected chi connectivity index (χ1v) is 11.7. The van der Waals surface area contributed by atoms with Crippen LogP contribution in [0.2, 0.25) is 0 Å². The van der Waals surface area contributed by atoms with Crippen LogP contribution in [0.5, 0.6) is 0 Å². The number of sulfonamides is 1. The molecule has 0 aliphatic carbocycles. The second kappa shape index (κ2) is 7.96. The molecule has 2 aliphatic rings. The first kappa shape index (κ1) is 20.2. The average Bonchev–Trinajstić information content (AvgIpc) is 3.42. The molecule has 0 N–H and O–H groups in total. The van der Waals surface area contributed by atoms with Gasteiger partial charge in [0.15, 0.2) is 0 Å². The number of nitrogens with zero attached hydrogens (tertiary/aromatic N) is 4. The number of benzene rings is 1. The van der Waals surface area contributed by atoms with Crippen molar-refractivity contribution in [3.63, 3.8) is 0 Å². The van der Waals surface area contributed by atoms with Gasteiger partial charge in [-0.2, -0.15) is 13.1 Å². The van der Waals surface area contributed by atoms with Crippen molar-refractivity contribution in [2.75, 3.05) is 26.7 Å². The number of aromatic nitrogens is 2. The Kier molecular flexibility index (Phi) is 5.54. The third-order valence-corrected chi connectivity index (χ3v) is 8.07. The number of methoxy groups -OCH3 is 1. The fourth-order valence-corrected chi connectivity index (χ4v) is 6.54. The zero-order valence-corrected chi connectivity index (χ0v) is 17.6. The van der Waals surface area contributed by atoms with E-state index in [9.17, 15) is 18.0 Å². The molecular formula is C18H22N4O5S2. The monoisotopic (exact) mass is 438 g/mol. The van der Waals surface area contributed by atoms with Crippen LogP contribution in [0.3, 0.4) is 0 Å². The molecule has 0 radical (unpaired) electrons. The fourth-order valence-electron chi connectivity index (χ4n) is 4.14. The Bertz CT molecular complexity index is 1040. The van der Waals surface area contributed by atoms with Crippen LogP contribution >= 0.6 is 11.7 Å². The van der Waals surface area contributed by atoms with Crippen LogP contribution in [0.25, 0.3) is 11.0 Å². The molecule has 156 valence electrons. The van der Waals surface area contributed by atoms with Crippen LogP contribution in [0.15, 0.2) is 23.1 Å². The topological polar surface area (TPSA) is 110 Å². The van der Waals surface area contributed by atoms with E-state index in [1.165, 1.54) is 17.5 Å². The number of ether oxygens (including phenoxy) is 1. The number of fused-ring (bicyclic) bond motifs is 1. The highest BCUT2D eigenvalue weighted by Crippen LogP contribution is 2.31. The summed E-state index contributed by atoms with van der Waals surface area (Å²) >= 11 is 0.959. The third-order valence-electron chi connectivity index (χ3n) is 5.59. The smallest absolute Gasteiger partial charge is 0.310 e. The zero-order chi connectivity index (χ0) is 20.6. The van der Waals surface area contributed by atoms with E-state index in [0.717, 1.165) is 11.7 Å². The minimum absolute atomic E-state index is 0.0783. The van der Waals surface area contributed by atoms with E-state index in [4.69, 9.17) is 4.74 Å². The molecule has 4 rings (SSSR count). The van der Waals surface area contributed by atoms with Gasteiger partial charge in [0.25, 0.3) is 0 Å². The Morgan fingerprint density at radius 1 is 1.17 bits per heavy atom. The van der Waals surface area contributed by atoms with Gasteiger partial charge in [0, 0.05) is 19.6 Å². The van der Waals surface area contributed by atoms with Crippen LogP contribution in [0, 0.1) is 5.92 Å². The van der Waals surface area contributed by atoms with E-state index in [1.54, 1.807) is 17.0 Å². The van der Waals surface area contributed by atoms with Gasteiger partial charge in [0.05, 0.1) is 24.8 Å². The minimum atomic E-state index is -3.90. The van der Waals surface area contributed by atoms with Crippen molar-refractivity contribution in [3.8, 4) is 0 Å². The van der Waals surface area contributed by atoms with Crippen LogP contribution < -0.4 is 0 Å². The lowest BCUT2D eigenvalue weighted by molar-refractivity contribution is -0.149. The molecule has 11 heteroatoms. The second-order valence-corrected chi connectivity index (χ2v) is 9.70. The normalized spacial score (nSPS) is 23.4. The highest BCUT2D eigenvalue weighted by molar-refractivity contribution is 7.89. The van der Waals surface area contributed by atoms with E-state index >= 15 is 0 Å². The Labute approximate surface area is 173 Å². The van der Waals surface area contributed by atoms with Gasteiger partial charge in [-0.1, -0.05) is 6.07 Å². The zero-order valence-electron chi connectivity index (χ0n) is 16.0. The molecule has 0 saturated carbocycles. The van der Waals surface area contributed by atoms with Gasteiger partial charge in [0.2, 0.25) is 15.9 Å². The van der Waals surface area contributed by atoms with Crippen LogP contribution in [0.1, 0.15) is 25.7 Å². The summed E-state index contributed by atoms with van der Waals surface area (Å²) in [5.74, 6) is -0.941. The summed E-state index contributed by atoms with van der Waals surface area (Å²) in [5, 5.41) is 0. The standard InChI is InChI=1S/C18H22N4O5S2/c1-27-18(24)12-5-3-9-21(11-12)17(23)14-7-4-10-22(14)29(25,26)15-8-2-6-13-16(15)20-28-19-13/h2,6,8,12,14H,3-5,7,9-11H2,1H3/t12-,14+/m0/s1.